The third-order valence-corrected chi connectivity index (χ3v) is 1.73. The topological polar surface area (TPSA) is 22.1 Å². The van der Waals surface area contributed by atoms with Crippen LogP contribution in [-0.2, 0) is 11.3 Å². The highest BCUT2D eigenvalue weighted by Gasteiger charge is 1.96. The zero-order chi connectivity index (χ0) is 9.68. The summed E-state index contributed by atoms with van der Waals surface area (Å²) in [7, 11) is 0. The lowest BCUT2D eigenvalue weighted by Crippen LogP contribution is -2.01. The molecule has 0 atom stereocenters. The van der Waals surface area contributed by atoms with Crippen molar-refractivity contribution in [2.45, 2.75) is 20.5 Å². The number of aromatic nitrogens is 1. The molecule has 13 heavy (non-hydrogen) atoms. The fourth-order valence-electron chi connectivity index (χ4n) is 0.904. The van der Waals surface area contributed by atoms with Crippen molar-refractivity contribution < 1.29 is 4.74 Å². The minimum absolute atomic E-state index is 0.521. The monoisotopic (exact) mass is 199 g/mol. The van der Waals surface area contributed by atoms with Crippen molar-refractivity contribution in [2.75, 3.05) is 6.61 Å². The molecule has 3 heteroatoms. The molecule has 2 nitrogen and oxygen atoms in total. The van der Waals surface area contributed by atoms with E-state index < -0.39 is 0 Å². The van der Waals surface area contributed by atoms with E-state index in [-0.39, 0.29) is 0 Å². The quantitative estimate of drug-likeness (QED) is 0.696. The molecule has 0 spiro atoms. The Morgan fingerprint density at radius 1 is 1.46 bits per heavy atom. The van der Waals surface area contributed by atoms with Crippen LogP contribution in [0.2, 0.25) is 5.15 Å². The van der Waals surface area contributed by atoms with Gasteiger partial charge in [-0.25, -0.2) is 4.98 Å². The van der Waals surface area contributed by atoms with Crippen molar-refractivity contribution in [3.63, 3.8) is 0 Å². The van der Waals surface area contributed by atoms with Gasteiger partial charge in [0, 0.05) is 12.8 Å². The molecule has 0 aromatic carbocycles. The van der Waals surface area contributed by atoms with Gasteiger partial charge in [-0.3, -0.25) is 0 Å². The van der Waals surface area contributed by atoms with Gasteiger partial charge >= 0.3 is 0 Å². The minimum atomic E-state index is 0.521. The van der Waals surface area contributed by atoms with Crippen molar-refractivity contribution in [1.29, 1.82) is 0 Å². The highest BCUT2D eigenvalue weighted by Crippen LogP contribution is 2.06. The molecule has 0 aliphatic heterocycles. The average Bonchev–Trinajstić information content (AvgIpc) is 2.08. The van der Waals surface area contributed by atoms with Gasteiger partial charge in [-0.05, 0) is 17.5 Å². The summed E-state index contributed by atoms with van der Waals surface area (Å²) < 4.78 is 5.44. The van der Waals surface area contributed by atoms with Crippen LogP contribution in [0.1, 0.15) is 19.4 Å². The highest BCUT2D eigenvalue weighted by molar-refractivity contribution is 6.29. The summed E-state index contributed by atoms with van der Waals surface area (Å²) in [6, 6.07) is 3.70. The molecule has 1 rings (SSSR count). The van der Waals surface area contributed by atoms with Crippen LogP contribution >= 0.6 is 11.6 Å². The third-order valence-electron chi connectivity index (χ3n) is 1.51. The van der Waals surface area contributed by atoms with E-state index in [1.807, 2.05) is 6.07 Å². The standard InChI is InChI=1S/C10H14ClNO/c1-8(2)6-13-7-9-3-4-10(11)12-5-9/h3-5,8H,6-7H2,1-2H3. The zero-order valence-electron chi connectivity index (χ0n) is 7.96. The predicted molar refractivity (Wildman–Crippen MR) is 53.7 cm³/mol. The van der Waals surface area contributed by atoms with Crippen molar-refractivity contribution in [2.24, 2.45) is 5.92 Å². The van der Waals surface area contributed by atoms with Crippen molar-refractivity contribution in [1.82, 2.24) is 4.98 Å². The van der Waals surface area contributed by atoms with Crippen LogP contribution in [0.5, 0.6) is 0 Å². The van der Waals surface area contributed by atoms with Crippen LogP contribution in [0.4, 0.5) is 0 Å². The first-order valence-electron chi connectivity index (χ1n) is 4.36. The summed E-state index contributed by atoms with van der Waals surface area (Å²) in [5.41, 5.74) is 1.06. The number of rotatable bonds is 4. The molecule has 0 N–H and O–H groups in total. The molecule has 1 heterocycles. The maximum absolute atomic E-state index is 5.64. The molecule has 0 saturated carbocycles. The summed E-state index contributed by atoms with van der Waals surface area (Å²) >= 11 is 5.64. The molecule has 0 radical (unpaired) electrons. The van der Waals surface area contributed by atoms with E-state index in [1.54, 1.807) is 12.3 Å². The summed E-state index contributed by atoms with van der Waals surface area (Å²) in [6.07, 6.45) is 1.74. The first kappa shape index (κ1) is 10.5. The lowest BCUT2D eigenvalue weighted by atomic mass is 10.2. The van der Waals surface area contributed by atoms with Gasteiger partial charge in [-0.1, -0.05) is 31.5 Å². The highest BCUT2D eigenvalue weighted by atomic mass is 35.5. The van der Waals surface area contributed by atoms with Gasteiger partial charge < -0.3 is 4.74 Å². The van der Waals surface area contributed by atoms with E-state index in [9.17, 15) is 0 Å². The van der Waals surface area contributed by atoms with E-state index in [0.717, 1.165) is 12.2 Å². The number of pyridine rings is 1. The first-order valence-corrected chi connectivity index (χ1v) is 4.74. The van der Waals surface area contributed by atoms with Crippen LogP contribution < -0.4 is 0 Å². The van der Waals surface area contributed by atoms with Gasteiger partial charge in [0.2, 0.25) is 0 Å². The van der Waals surface area contributed by atoms with E-state index in [0.29, 0.717) is 17.7 Å². The van der Waals surface area contributed by atoms with E-state index in [1.165, 1.54) is 0 Å². The molecule has 0 saturated heterocycles. The summed E-state index contributed by atoms with van der Waals surface area (Å²) in [6.45, 7) is 5.64. The van der Waals surface area contributed by atoms with Gasteiger partial charge in [-0.2, -0.15) is 0 Å². The Morgan fingerprint density at radius 2 is 2.23 bits per heavy atom. The Labute approximate surface area is 83.9 Å². The third kappa shape index (κ3) is 4.25. The SMILES string of the molecule is CC(C)COCc1ccc(Cl)nc1. The van der Waals surface area contributed by atoms with Crippen molar-refractivity contribution in [3.05, 3.63) is 29.0 Å². The first-order chi connectivity index (χ1) is 6.18. The maximum atomic E-state index is 5.64. The van der Waals surface area contributed by atoms with Gasteiger partial charge in [0.1, 0.15) is 5.15 Å². The van der Waals surface area contributed by atoms with E-state index in [4.69, 9.17) is 16.3 Å². The molecule has 0 bridgehead atoms. The van der Waals surface area contributed by atoms with Crippen LogP contribution in [0.15, 0.2) is 18.3 Å². The normalized spacial score (nSPS) is 10.8. The minimum Gasteiger partial charge on any atom is -0.376 e. The van der Waals surface area contributed by atoms with Crippen LogP contribution in [-0.4, -0.2) is 11.6 Å². The maximum Gasteiger partial charge on any atom is 0.129 e. The Morgan fingerprint density at radius 3 is 2.77 bits per heavy atom. The molecule has 0 aliphatic carbocycles. The second-order valence-corrected chi connectivity index (χ2v) is 3.79. The molecule has 1 aromatic rings. The smallest absolute Gasteiger partial charge is 0.129 e. The molecule has 0 fully saturated rings. The number of nitrogens with zero attached hydrogens (tertiary/aromatic N) is 1. The molecular weight excluding hydrogens is 186 g/mol. The predicted octanol–water partition coefficient (Wildman–Crippen LogP) is 2.91. The molecule has 0 amide bonds. The van der Waals surface area contributed by atoms with Crippen LogP contribution in [0, 0.1) is 5.92 Å². The zero-order valence-corrected chi connectivity index (χ0v) is 8.71. The average molecular weight is 200 g/mol. The Balaban J connectivity index is 2.33. The van der Waals surface area contributed by atoms with Gasteiger partial charge in [-0.15, -0.1) is 0 Å². The van der Waals surface area contributed by atoms with E-state index in [2.05, 4.69) is 18.8 Å². The Bertz CT molecular complexity index is 246. The summed E-state index contributed by atoms with van der Waals surface area (Å²) in [5, 5.41) is 0.521. The van der Waals surface area contributed by atoms with Crippen molar-refractivity contribution >= 4 is 11.6 Å². The Hall–Kier alpha value is -0.600. The number of hydrogen-bond acceptors (Lipinski definition) is 2. The lowest BCUT2D eigenvalue weighted by Gasteiger charge is -2.06. The van der Waals surface area contributed by atoms with Gasteiger partial charge in [0.05, 0.1) is 6.61 Å². The largest absolute Gasteiger partial charge is 0.376 e. The van der Waals surface area contributed by atoms with Gasteiger partial charge in [0.25, 0.3) is 0 Å². The fourth-order valence-corrected chi connectivity index (χ4v) is 1.02. The Kier molecular flexibility index (Phi) is 4.19. The number of halogens is 1. The molecule has 0 unspecified atom stereocenters. The van der Waals surface area contributed by atoms with Crippen LogP contribution in [0.3, 0.4) is 0 Å². The summed E-state index contributed by atoms with van der Waals surface area (Å²) in [4.78, 5) is 3.96. The number of hydrogen-bond donors (Lipinski definition) is 0. The second-order valence-electron chi connectivity index (χ2n) is 3.40. The number of ether oxygens (including phenoxy) is 1. The molecule has 72 valence electrons. The van der Waals surface area contributed by atoms with Crippen molar-refractivity contribution in [3.8, 4) is 0 Å². The van der Waals surface area contributed by atoms with Crippen LogP contribution in [0.25, 0.3) is 0 Å². The fraction of sp³-hybridized carbons (Fsp3) is 0.500. The molecule has 0 aliphatic rings. The summed E-state index contributed by atoms with van der Waals surface area (Å²) in [5.74, 6) is 0.570. The lowest BCUT2D eigenvalue weighted by molar-refractivity contribution is 0.0969. The van der Waals surface area contributed by atoms with E-state index >= 15 is 0 Å². The van der Waals surface area contributed by atoms with Gasteiger partial charge in [0.15, 0.2) is 0 Å². The second kappa shape index (κ2) is 5.20. The molecule has 1 aromatic heterocycles. The molecular formula is C10H14ClNO.